The van der Waals surface area contributed by atoms with E-state index < -0.39 is 6.04 Å². The Bertz CT molecular complexity index is 1120. The number of amides is 2. The molecule has 1 aromatic heterocycles. The van der Waals surface area contributed by atoms with Crippen LogP contribution in [0.25, 0.3) is 0 Å². The van der Waals surface area contributed by atoms with Gasteiger partial charge in [0.2, 0.25) is 5.91 Å². The second kappa shape index (κ2) is 12.1. The molecule has 2 aliphatic heterocycles. The van der Waals surface area contributed by atoms with Gasteiger partial charge in [0.1, 0.15) is 12.4 Å². The van der Waals surface area contributed by atoms with Crippen molar-refractivity contribution in [3.05, 3.63) is 57.7 Å². The molecular formula is C27H35N5O4S. The molecule has 2 aromatic rings. The van der Waals surface area contributed by atoms with E-state index >= 15 is 0 Å². The molecule has 5 rings (SSSR count). The van der Waals surface area contributed by atoms with E-state index in [1.54, 1.807) is 17.5 Å². The summed E-state index contributed by atoms with van der Waals surface area (Å²) in [6.45, 7) is 2.14. The Morgan fingerprint density at radius 1 is 1.19 bits per heavy atom. The number of rotatable bonds is 10. The van der Waals surface area contributed by atoms with Gasteiger partial charge in [0.15, 0.2) is 0 Å². The Morgan fingerprint density at radius 2 is 2.05 bits per heavy atom. The zero-order valence-corrected chi connectivity index (χ0v) is 21.8. The van der Waals surface area contributed by atoms with Gasteiger partial charge in [0.25, 0.3) is 5.91 Å². The fourth-order valence-electron chi connectivity index (χ4n) is 5.67. The number of carbonyl (C=O) groups is 2. The lowest BCUT2D eigenvalue weighted by atomic mass is 9.87. The average molecular weight is 526 g/mol. The van der Waals surface area contributed by atoms with Crippen LogP contribution in [0.2, 0.25) is 0 Å². The van der Waals surface area contributed by atoms with Crippen LogP contribution in [0.3, 0.4) is 0 Å². The van der Waals surface area contributed by atoms with Crippen molar-refractivity contribution in [2.45, 2.75) is 56.7 Å². The Morgan fingerprint density at radius 3 is 2.89 bits per heavy atom. The molecule has 0 bridgehead atoms. The number of aromatic nitrogens is 1. The molecule has 9 nitrogen and oxygen atoms in total. The SMILES string of the molecule is NCCOCCOc1ccccc1[C@@H]1C2=C(CNC2=O)N[C@@H]2CCCC[C@H]2N1C(=O)CCc1nccs1. The Hall–Kier alpha value is -2.95. The minimum atomic E-state index is -0.539. The summed E-state index contributed by atoms with van der Waals surface area (Å²) in [5.41, 5.74) is 7.85. The van der Waals surface area contributed by atoms with E-state index in [0.29, 0.717) is 57.1 Å². The summed E-state index contributed by atoms with van der Waals surface area (Å²) in [7, 11) is 0. The van der Waals surface area contributed by atoms with Crippen LogP contribution in [0.1, 0.15) is 48.7 Å². The molecule has 4 N–H and O–H groups in total. The zero-order valence-electron chi connectivity index (χ0n) is 21.0. The molecule has 1 aliphatic carbocycles. The van der Waals surface area contributed by atoms with E-state index in [1.165, 1.54) is 0 Å². The smallest absolute Gasteiger partial charge is 0.251 e. The van der Waals surface area contributed by atoms with Gasteiger partial charge in [-0.2, -0.15) is 0 Å². The minimum Gasteiger partial charge on any atom is -0.491 e. The second-order valence-corrected chi connectivity index (χ2v) is 10.6. The van der Waals surface area contributed by atoms with Crippen molar-refractivity contribution in [2.75, 3.05) is 32.9 Å². The molecule has 2 amide bonds. The third-order valence-corrected chi connectivity index (χ3v) is 8.12. The molecule has 1 saturated carbocycles. The number of aryl methyl sites for hydroxylation is 1. The van der Waals surface area contributed by atoms with E-state index in [4.69, 9.17) is 15.2 Å². The molecule has 1 fully saturated rings. The molecule has 3 heterocycles. The van der Waals surface area contributed by atoms with E-state index in [-0.39, 0.29) is 23.9 Å². The first-order valence-corrected chi connectivity index (χ1v) is 14.0. The minimum absolute atomic E-state index is 0.0121. The van der Waals surface area contributed by atoms with E-state index in [9.17, 15) is 9.59 Å². The van der Waals surface area contributed by atoms with Crippen LogP contribution in [0.5, 0.6) is 5.75 Å². The molecule has 0 unspecified atom stereocenters. The zero-order chi connectivity index (χ0) is 25.6. The first kappa shape index (κ1) is 25.7. The van der Waals surface area contributed by atoms with Crippen LogP contribution < -0.4 is 21.1 Å². The monoisotopic (exact) mass is 525 g/mol. The highest BCUT2D eigenvalue weighted by Crippen LogP contribution is 2.43. The maximum Gasteiger partial charge on any atom is 0.251 e. The van der Waals surface area contributed by atoms with Crippen molar-refractivity contribution in [3.8, 4) is 5.75 Å². The molecule has 0 radical (unpaired) electrons. The van der Waals surface area contributed by atoms with Crippen LogP contribution in [0.4, 0.5) is 0 Å². The van der Waals surface area contributed by atoms with Crippen LogP contribution >= 0.6 is 11.3 Å². The first-order chi connectivity index (χ1) is 18.2. The van der Waals surface area contributed by atoms with Crippen LogP contribution in [0.15, 0.2) is 47.1 Å². The molecule has 198 valence electrons. The highest BCUT2D eigenvalue weighted by atomic mass is 32.1. The third-order valence-electron chi connectivity index (χ3n) is 7.28. The van der Waals surface area contributed by atoms with Gasteiger partial charge in [-0.15, -0.1) is 11.3 Å². The summed E-state index contributed by atoms with van der Waals surface area (Å²) in [5, 5.41) is 9.53. The summed E-state index contributed by atoms with van der Waals surface area (Å²) in [6, 6.07) is 7.29. The number of ether oxygens (including phenoxy) is 2. The van der Waals surface area contributed by atoms with Crippen LogP contribution in [0, 0.1) is 0 Å². The molecule has 10 heteroatoms. The van der Waals surface area contributed by atoms with Crippen molar-refractivity contribution >= 4 is 23.2 Å². The van der Waals surface area contributed by atoms with Gasteiger partial charge in [0.05, 0.1) is 42.4 Å². The number of fused-ring (bicyclic) bond motifs is 1. The van der Waals surface area contributed by atoms with Gasteiger partial charge in [-0.3, -0.25) is 9.59 Å². The Kier molecular flexibility index (Phi) is 8.38. The largest absolute Gasteiger partial charge is 0.491 e. The van der Waals surface area contributed by atoms with E-state index in [2.05, 4.69) is 15.6 Å². The van der Waals surface area contributed by atoms with E-state index in [0.717, 1.165) is 42.0 Å². The van der Waals surface area contributed by atoms with Gasteiger partial charge in [0, 0.05) is 48.3 Å². The van der Waals surface area contributed by atoms with Gasteiger partial charge in [-0.05, 0) is 18.9 Å². The Balaban J connectivity index is 1.52. The molecule has 0 saturated heterocycles. The number of benzene rings is 1. The number of thiazole rings is 1. The highest BCUT2D eigenvalue weighted by Gasteiger charge is 2.46. The summed E-state index contributed by atoms with van der Waals surface area (Å²) < 4.78 is 11.6. The topological polar surface area (TPSA) is 119 Å². The van der Waals surface area contributed by atoms with Crippen molar-refractivity contribution in [3.63, 3.8) is 0 Å². The van der Waals surface area contributed by atoms with Gasteiger partial charge < -0.3 is 30.7 Å². The predicted molar refractivity (Wildman–Crippen MR) is 141 cm³/mol. The van der Waals surface area contributed by atoms with Crippen molar-refractivity contribution in [1.29, 1.82) is 0 Å². The number of nitrogens with one attached hydrogen (secondary N) is 2. The lowest BCUT2D eigenvalue weighted by Crippen LogP contribution is -2.53. The highest BCUT2D eigenvalue weighted by molar-refractivity contribution is 7.09. The lowest BCUT2D eigenvalue weighted by molar-refractivity contribution is -0.137. The maximum absolute atomic E-state index is 14.1. The summed E-state index contributed by atoms with van der Waals surface area (Å²) in [6.07, 6.45) is 6.72. The van der Waals surface area contributed by atoms with Crippen molar-refractivity contribution in [2.24, 2.45) is 5.73 Å². The number of hydrogen-bond acceptors (Lipinski definition) is 8. The molecule has 0 spiro atoms. The molecule has 1 aromatic carbocycles. The Labute approximate surface area is 221 Å². The number of para-hydroxylation sites is 1. The first-order valence-electron chi connectivity index (χ1n) is 13.1. The third kappa shape index (κ3) is 5.66. The van der Waals surface area contributed by atoms with Gasteiger partial charge in [-0.1, -0.05) is 31.0 Å². The molecular weight excluding hydrogens is 490 g/mol. The fourth-order valence-corrected chi connectivity index (χ4v) is 6.29. The fraction of sp³-hybridized carbons (Fsp3) is 0.519. The summed E-state index contributed by atoms with van der Waals surface area (Å²) >= 11 is 1.56. The maximum atomic E-state index is 14.1. The molecule has 3 aliphatic rings. The molecule has 37 heavy (non-hydrogen) atoms. The average Bonchev–Trinajstić information content (AvgIpc) is 3.53. The standard InChI is InChI=1S/C27H35N5O4S/c28-11-13-35-14-15-36-22-8-4-1-5-18(22)26-25-20(17-30-27(25)34)31-19-6-2-3-7-21(19)32(26)24(33)10-9-23-29-12-16-37-23/h1,4-5,8,12,16,19,21,26,31H,2-3,6-7,9-11,13-15,17,28H2,(H,30,34)/t19-,21-,26-/m1/s1. The van der Waals surface area contributed by atoms with Crippen LogP contribution in [-0.2, 0) is 20.7 Å². The number of carbonyl (C=O) groups excluding carboxylic acids is 2. The van der Waals surface area contributed by atoms with Crippen molar-refractivity contribution in [1.82, 2.24) is 20.5 Å². The van der Waals surface area contributed by atoms with Gasteiger partial charge in [-0.25, -0.2) is 4.98 Å². The number of nitrogens with zero attached hydrogens (tertiary/aromatic N) is 2. The van der Waals surface area contributed by atoms with Crippen LogP contribution in [-0.4, -0.2) is 66.7 Å². The number of hydrogen-bond donors (Lipinski definition) is 3. The quantitative estimate of drug-likeness (QED) is 0.407. The van der Waals surface area contributed by atoms with Gasteiger partial charge >= 0.3 is 0 Å². The summed E-state index contributed by atoms with van der Waals surface area (Å²) in [4.78, 5) is 33.7. The molecule has 3 atom stereocenters. The predicted octanol–water partition coefficient (Wildman–Crippen LogP) is 2.30. The van der Waals surface area contributed by atoms with Crippen molar-refractivity contribution < 1.29 is 19.1 Å². The second-order valence-electron chi connectivity index (χ2n) is 9.59. The van der Waals surface area contributed by atoms with E-state index in [1.807, 2.05) is 34.5 Å². The summed E-state index contributed by atoms with van der Waals surface area (Å²) in [5.74, 6) is 0.556. The number of nitrogens with two attached hydrogens (primary N) is 1. The normalized spacial score (nSPS) is 23.1. The lowest BCUT2D eigenvalue weighted by Gasteiger charge is -2.43.